The first-order valence-electron chi connectivity index (χ1n) is 8.64. The fourth-order valence-corrected chi connectivity index (χ4v) is 4.37. The Balaban J connectivity index is 3.31. The second kappa shape index (κ2) is 10.5. The van der Waals surface area contributed by atoms with E-state index in [2.05, 4.69) is 0 Å². The highest BCUT2D eigenvalue weighted by molar-refractivity contribution is 7.54. The Kier molecular flexibility index (Phi) is 9.05. The molecule has 0 aliphatic heterocycles. The van der Waals surface area contributed by atoms with E-state index in [0.717, 1.165) is 0 Å². The van der Waals surface area contributed by atoms with Crippen molar-refractivity contribution in [2.24, 2.45) is 0 Å². The van der Waals surface area contributed by atoms with Crippen LogP contribution in [0.5, 0.6) is 0 Å². The normalized spacial score (nSPS) is 12.7. The van der Waals surface area contributed by atoms with Gasteiger partial charge in [-0.2, -0.15) is 0 Å². The fraction of sp³-hybridized carbons (Fsp3) is 0.647. The molecular weight excluding hydrogens is 363 g/mol. The highest BCUT2D eigenvalue weighted by Gasteiger charge is 2.41. The molecule has 0 amide bonds. The number of esters is 2. The van der Waals surface area contributed by atoms with Crippen LogP contribution in [0.3, 0.4) is 0 Å². The zero-order chi connectivity index (χ0) is 19.7. The zero-order valence-electron chi connectivity index (χ0n) is 15.9. The van der Waals surface area contributed by atoms with E-state index >= 15 is 0 Å². The molecule has 0 aliphatic rings. The van der Waals surface area contributed by atoms with Gasteiger partial charge in [0, 0.05) is 0 Å². The number of hydrogen-bond donors (Lipinski definition) is 0. The van der Waals surface area contributed by atoms with E-state index in [1.54, 1.807) is 34.6 Å². The Hall–Kier alpha value is -1.63. The van der Waals surface area contributed by atoms with Crippen LogP contribution in [0.1, 0.15) is 61.7 Å². The summed E-state index contributed by atoms with van der Waals surface area (Å²) in [6.45, 7) is 8.94. The van der Waals surface area contributed by atoms with Crippen molar-refractivity contribution in [1.29, 1.82) is 0 Å². The Morgan fingerprint density at radius 2 is 1.62 bits per heavy atom. The van der Waals surface area contributed by atoms with Gasteiger partial charge in [0.2, 0.25) is 0 Å². The summed E-state index contributed by atoms with van der Waals surface area (Å²) in [7, 11) is -3.73. The van der Waals surface area contributed by atoms with Crippen LogP contribution in [0.4, 0.5) is 0 Å². The van der Waals surface area contributed by atoms with Crippen LogP contribution in [0.25, 0.3) is 0 Å². The third-order valence-electron chi connectivity index (χ3n) is 3.43. The van der Waals surface area contributed by atoms with Gasteiger partial charge in [-0.25, -0.2) is 4.79 Å². The molecule has 0 bridgehead atoms. The number of carbonyl (C=O) groups is 2. The number of furan rings is 1. The maximum atomic E-state index is 13.2. The Morgan fingerprint density at radius 1 is 1.04 bits per heavy atom. The zero-order valence-corrected chi connectivity index (χ0v) is 16.8. The molecule has 0 aliphatic carbocycles. The highest BCUT2D eigenvalue weighted by atomic mass is 31.2. The average Bonchev–Trinajstić information content (AvgIpc) is 2.95. The van der Waals surface area contributed by atoms with Gasteiger partial charge in [0.25, 0.3) is 0 Å². The molecule has 1 heterocycles. The molecule has 1 rings (SSSR count). The van der Waals surface area contributed by atoms with Gasteiger partial charge >= 0.3 is 19.5 Å². The van der Waals surface area contributed by atoms with Crippen molar-refractivity contribution in [2.75, 3.05) is 26.4 Å². The van der Waals surface area contributed by atoms with Gasteiger partial charge in [-0.05, 0) is 40.7 Å². The van der Waals surface area contributed by atoms with Crippen LogP contribution in [0, 0.1) is 6.92 Å². The molecular formula is C17H27O8P. The fourth-order valence-electron chi connectivity index (χ4n) is 2.40. The van der Waals surface area contributed by atoms with E-state index in [9.17, 15) is 14.2 Å². The van der Waals surface area contributed by atoms with Crippen molar-refractivity contribution in [3.63, 3.8) is 0 Å². The summed E-state index contributed by atoms with van der Waals surface area (Å²) < 4.78 is 39.6. The highest BCUT2D eigenvalue weighted by Crippen LogP contribution is 2.62. The minimum atomic E-state index is -3.73. The number of aryl methyl sites for hydroxylation is 1. The molecule has 148 valence electrons. The van der Waals surface area contributed by atoms with Crippen LogP contribution >= 0.6 is 7.60 Å². The third kappa shape index (κ3) is 5.69. The van der Waals surface area contributed by atoms with Crippen LogP contribution in [0.15, 0.2) is 10.5 Å². The summed E-state index contributed by atoms with van der Waals surface area (Å²) >= 11 is 0. The molecule has 0 saturated carbocycles. The van der Waals surface area contributed by atoms with E-state index in [4.69, 9.17) is 22.9 Å². The molecule has 0 aromatic carbocycles. The first-order chi connectivity index (χ1) is 12.3. The summed E-state index contributed by atoms with van der Waals surface area (Å²) in [5.41, 5.74) is -0.821. The molecule has 0 radical (unpaired) electrons. The Morgan fingerprint density at radius 3 is 2.12 bits per heavy atom. The topological polar surface area (TPSA) is 101 Å². The van der Waals surface area contributed by atoms with Crippen LogP contribution in [-0.4, -0.2) is 38.4 Å². The van der Waals surface area contributed by atoms with Gasteiger partial charge in [0.15, 0.2) is 0 Å². The van der Waals surface area contributed by atoms with Crippen LogP contribution < -0.4 is 0 Å². The van der Waals surface area contributed by atoms with E-state index in [0.29, 0.717) is 5.76 Å². The number of ether oxygens (including phenoxy) is 2. The quantitative estimate of drug-likeness (QED) is 0.412. The monoisotopic (exact) mass is 390 g/mol. The minimum Gasteiger partial charge on any atom is -0.466 e. The van der Waals surface area contributed by atoms with E-state index in [1.165, 1.54) is 6.07 Å². The minimum absolute atomic E-state index is 0.126. The second-order valence-corrected chi connectivity index (χ2v) is 7.46. The van der Waals surface area contributed by atoms with E-state index in [-0.39, 0.29) is 44.2 Å². The lowest BCUT2D eigenvalue weighted by atomic mass is 10.2. The van der Waals surface area contributed by atoms with Gasteiger partial charge in [0.1, 0.15) is 22.7 Å². The second-order valence-electron chi connectivity index (χ2n) is 5.24. The summed E-state index contributed by atoms with van der Waals surface area (Å²) in [5, 5.41) is 0. The average molecular weight is 390 g/mol. The molecule has 26 heavy (non-hydrogen) atoms. The first kappa shape index (κ1) is 22.4. The Labute approximate surface area is 153 Å². The SMILES string of the molecule is CCOC(=O)CC(c1cc(C(=O)OCC)c(C)o1)P(=O)(OCC)OCC. The maximum Gasteiger partial charge on any atom is 0.341 e. The standard InChI is InChI=1S/C17H27O8P/c1-6-21-16(18)11-15(26(20,23-8-3)24-9-4)14-10-13(12(5)25-14)17(19)22-7-2/h10,15H,6-9,11H2,1-5H3. The largest absolute Gasteiger partial charge is 0.466 e. The summed E-state index contributed by atoms with van der Waals surface area (Å²) in [6.07, 6.45) is -0.264. The van der Waals surface area contributed by atoms with Crippen LogP contribution in [-0.2, 0) is 27.9 Å². The predicted octanol–water partition coefficient (Wildman–Crippen LogP) is 4.03. The summed E-state index contributed by atoms with van der Waals surface area (Å²) in [6, 6.07) is 1.42. The molecule has 0 N–H and O–H groups in total. The van der Waals surface area contributed by atoms with E-state index in [1.807, 2.05) is 0 Å². The maximum absolute atomic E-state index is 13.2. The van der Waals surface area contributed by atoms with Gasteiger partial charge in [0.05, 0.1) is 32.8 Å². The van der Waals surface area contributed by atoms with Gasteiger partial charge < -0.3 is 22.9 Å². The summed E-state index contributed by atoms with van der Waals surface area (Å²) in [5.74, 6) is -0.669. The van der Waals surface area contributed by atoms with Crippen molar-refractivity contribution in [1.82, 2.24) is 0 Å². The van der Waals surface area contributed by atoms with Gasteiger partial charge in [-0.3, -0.25) is 9.36 Å². The number of carbonyl (C=O) groups excluding carboxylic acids is 2. The smallest absolute Gasteiger partial charge is 0.341 e. The number of hydrogen-bond acceptors (Lipinski definition) is 8. The predicted molar refractivity (Wildman–Crippen MR) is 94.3 cm³/mol. The molecule has 8 nitrogen and oxygen atoms in total. The molecule has 1 unspecified atom stereocenters. The van der Waals surface area contributed by atoms with Gasteiger partial charge in [-0.1, -0.05) is 0 Å². The lowest BCUT2D eigenvalue weighted by Crippen LogP contribution is -2.13. The molecule has 1 aromatic heterocycles. The van der Waals surface area contributed by atoms with Crippen molar-refractivity contribution in [3.05, 3.63) is 23.2 Å². The summed E-state index contributed by atoms with van der Waals surface area (Å²) in [4.78, 5) is 24.0. The van der Waals surface area contributed by atoms with Crippen molar-refractivity contribution in [2.45, 2.75) is 46.7 Å². The number of rotatable bonds is 11. The molecule has 9 heteroatoms. The lowest BCUT2D eigenvalue weighted by molar-refractivity contribution is -0.143. The van der Waals surface area contributed by atoms with Crippen LogP contribution in [0.2, 0.25) is 0 Å². The van der Waals surface area contributed by atoms with Crippen molar-refractivity contribution < 1.29 is 37.1 Å². The van der Waals surface area contributed by atoms with E-state index < -0.39 is 25.2 Å². The molecule has 0 saturated heterocycles. The molecule has 1 atom stereocenters. The molecule has 1 aromatic rings. The first-order valence-corrected chi connectivity index (χ1v) is 10.3. The van der Waals surface area contributed by atoms with Crippen molar-refractivity contribution in [3.8, 4) is 0 Å². The van der Waals surface area contributed by atoms with Crippen molar-refractivity contribution >= 4 is 19.5 Å². The third-order valence-corrected chi connectivity index (χ3v) is 5.86. The molecule has 0 spiro atoms. The molecule has 0 fully saturated rings. The Bertz CT molecular complexity index is 641. The lowest BCUT2D eigenvalue weighted by Gasteiger charge is -2.24. The van der Waals surface area contributed by atoms with Gasteiger partial charge in [-0.15, -0.1) is 0 Å².